The lowest BCUT2D eigenvalue weighted by Crippen LogP contribution is -2.06. The zero-order chi connectivity index (χ0) is 12.5. The third kappa shape index (κ3) is 5.15. The van der Waals surface area contributed by atoms with E-state index in [1.165, 1.54) is 6.08 Å². The molecule has 0 saturated carbocycles. The van der Waals surface area contributed by atoms with Crippen molar-refractivity contribution in [1.82, 2.24) is 0 Å². The van der Waals surface area contributed by atoms with E-state index >= 15 is 0 Å². The fourth-order valence-electron chi connectivity index (χ4n) is 1.29. The van der Waals surface area contributed by atoms with Crippen molar-refractivity contribution in [2.75, 3.05) is 19.0 Å². The number of carbonyl (C=O) groups is 1. The minimum atomic E-state index is -0.385. The summed E-state index contributed by atoms with van der Waals surface area (Å²) in [5.74, 6) is 0.225. The van der Waals surface area contributed by atoms with Gasteiger partial charge in [-0.1, -0.05) is 40.2 Å². The summed E-state index contributed by atoms with van der Waals surface area (Å²) in [5.41, 5.74) is 1.01. The second-order valence-corrected chi connectivity index (χ2v) is 4.12. The van der Waals surface area contributed by atoms with Crippen molar-refractivity contribution >= 4 is 21.9 Å². The summed E-state index contributed by atoms with van der Waals surface area (Å²) in [6.45, 7) is 0.401. The summed E-state index contributed by atoms with van der Waals surface area (Å²) >= 11 is 3.37. The van der Waals surface area contributed by atoms with E-state index in [2.05, 4.69) is 15.9 Å². The summed E-state index contributed by atoms with van der Waals surface area (Å²) in [7, 11) is 1.57. The van der Waals surface area contributed by atoms with Crippen LogP contribution in [0.2, 0.25) is 0 Å². The molecule has 0 unspecified atom stereocenters. The van der Waals surface area contributed by atoms with Crippen molar-refractivity contribution < 1.29 is 14.3 Å². The predicted molar refractivity (Wildman–Crippen MR) is 70.6 cm³/mol. The molecular weight excluding hydrogens is 284 g/mol. The second-order valence-electron chi connectivity index (χ2n) is 3.33. The molecule has 0 radical (unpaired) electrons. The van der Waals surface area contributed by atoms with Gasteiger partial charge in [-0.15, -0.1) is 0 Å². The number of esters is 1. The molecule has 0 aromatic heterocycles. The maximum atomic E-state index is 11.5. The highest BCUT2D eigenvalue weighted by Gasteiger charge is 2.05. The number of rotatable bonds is 6. The van der Waals surface area contributed by atoms with Gasteiger partial charge in [-0.3, -0.25) is 0 Å². The van der Waals surface area contributed by atoms with Gasteiger partial charge in [-0.2, -0.15) is 0 Å². The first-order valence-electron chi connectivity index (χ1n) is 5.29. The van der Waals surface area contributed by atoms with Crippen LogP contribution < -0.4 is 4.74 Å². The van der Waals surface area contributed by atoms with Gasteiger partial charge in [0.2, 0.25) is 0 Å². The second kappa shape index (κ2) is 8.03. The quantitative estimate of drug-likeness (QED) is 0.351. The Bertz CT molecular complexity index is 388. The van der Waals surface area contributed by atoms with Gasteiger partial charge in [0.1, 0.15) is 5.75 Å². The number of hydrogen-bond donors (Lipinski definition) is 0. The van der Waals surface area contributed by atoms with E-state index < -0.39 is 0 Å². The SMILES string of the molecule is COC/C=C/C(=O)Oc1ccccc1CCBr. The zero-order valence-electron chi connectivity index (χ0n) is 9.69. The highest BCUT2D eigenvalue weighted by Crippen LogP contribution is 2.19. The third-order valence-electron chi connectivity index (χ3n) is 2.06. The Morgan fingerprint density at radius 2 is 2.18 bits per heavy atom. The van der Waals surface area contributed by atoms with Crippen LogP contribution in [0.25, 0.3) is 0 Å². The van der Waals surface area contributed by atoms with E-state index in [1.54, 1.807) is 19.3 Å². The molecule has 0 aliphatic carbocycles. The standard InChI is InChI=1S/C13H15BrO3/c1-16-10-4-7-13(15)17-12-6-3-2-5-11(12)8-9-14/h2-7H,8-10H2,1H3/b7-4+. The molecular formula is C13H15BrO3. The molecule has 92 valence electrons. The lowest BCUT2D eigenvalue weighted by atomic mass is 10.1. The molecule has 1 rings (SSSR count). The van der Waals surface area contributed by atoms with Crippen LogP contribution in [0, 0.1) is 0 Å². The van der Waals surface area contributed by atoms with E-state index in [4.69, 9.17) is 9.47 Å². The topological polar surface area (TPSA) is 35.5 Å². The fraction of sp³-hybridized carbons (Fsp3) is 0.308. The van der Waals surface area contributed by atoms with Crippen molar-refractivity contribution in [1.29, 1.82) is 0 Å². The number of hydrogen-bond acceptors (Lipinski definition) is 3. The highest BCUT2D eigenvalue weighted by atomic mass is 79.9. The van der Waals surface area contributed by atoms with Crippen LogP contribution in [0.3, 0.4) is 0 Å². The first-order chi connectivity index (χ1) is 8.27. The third-order valence-corrected chi connectivity index (χ3v) is 2.46. The Kier molecular flexibility index (Phi) is 6.58. The number of aryl methyl sites for hydroxylation is 1. The molecule has 0 heterocycles. The number of carbonyl (C=O) groups excluding carboxylic acids is 1. The molecule has 0 fully saturated rings. The number of benzene rings is 1. The Morgan fingerprint density at radius 3 is 2.88 bits per heavy atom. The van der Waals surface area contributed by atoms with Crippen molar-refractivity contribution in [3.8, 4) is 5.75 Å². The Morgan fingerprint density at radius 1 is 1.41 bits per heavy atom. The Hall–Kier alpha value is -1.13. The highest BCUT2D eigenvalue weighted by molar-refractivity contribution is 9.09. The lowest BCUT2D eigenvalue weighted by molar-refractivity contribution is -0.129. The average molecular weight is 299 g/mol. The van der Waals surface area contributed by atoms with Crippen LogP contribution in [-0.4, -0.2) is 25.0 Å². The monoisotopic (exact) mass is 298 g/mol. The molecule has 0 saturated heterocycles. The van der Waals surface area contributed by atoms with Crippen molar-refractivity contribution in [3.05, 3.63) is 42.0 Å². The van der Waals surface area contributed by atoms with Crippen LogP contribution in [0.5, 0.6) is 5.75 Å². The summed E-state index contributed by atoms with van der Waals surface area (Å²) in [6, 6.07) is 7.51. The number of alkyl halides is 1. The van der Waals surface area contributed by atoms with E-state index in [-0.39, 0.29) is 5.97 Å². The van der Waals surface area contributed by atoms with Crippen LogP contribution >= 0.6 is 15.9 Å². The molecule has 0 N–H and O–H groups in total. The van der Waals surface area contributed by atoms with Gasteiger partial charge in [-0.25, -0.2) is 4.79 Å². The maximum Gasteiger partial charge on any atom is 0.335 e. The zero-order valence-corrected chi connectivity index (χ0v) is 11.3. The van der Waals surface area contributed by atoms with Crippen LogP contribution in [-0.2, 0) is 16.0 Å². The molecule has 17 heavy (non-hydrogen) atoms. The van der Waals surface area contributed by atoms with Gasteiger partial charge in [0, 0.05) is 18.5 Å². The van der Waals surface area contributed by atoms with Crippen molar-refractivity contribution in [2.45, 2.75) is 6.42 Å². The fourth-order valence-corrected chi connectivity index (χ4v) is 1.72. The van der Waals surface area contributed by atoms with E-state index in [1.807, 2.05) is 18.2 Å². The van der Waals surface area contributed by atoms with E-state index in [0.29, 0.717) is 12.4 Å². The van der Waals surface area contributed by atoms with Crippen LogP contribution in [0.15, 0.2) is 36.4 Å². The Labute approximate surface area is 110 Å². The molecule has 0 aliphatic heterocycles. The number of ether oxygens (including phenoxy) is 2. The smallest absolute Gasteiger partial charge is 0.335 e. The molecule has 4 heteroatoms. The van der Waals surface area contributed by atoms with Gasteiger partial charge in [0.25, 0.3) is 0 Å². The Balaban J connectivity index is 2.64. The molecule has 0 spiro atoms. The minimum Gasteiger partial charge on any atom is -0.423 e. The normalized spacial score (nSPS) is 10.7. The summed E-state index contributed by atoms with van der Waals surface area (Å²) < 4.78 is 10.0. The molecule has 1 aromatic rings. The molecule has 0 aliphatic rings. The number of halogens is 1. The summed E-state index contributed by atoms with van der Waals surface area (Å²) in [6.07, 6.45) is 3.81. The van der Waals surface area contributed by atoms with Crippen LogP contribution in [0.4, 0.5) is 0 Å². The van der Waals surface area contributed by atoms with Gasteiger partial charge in [-0.05, 0) is 18.1 Å². The predicted octanol–water partition coefficient (Wildman–Crippen LogP) is 2.73. The van der Waals surface area contributed by atoms with Crippen LogP contribution in [0.1, 0.15) is 5.56 Å². The first-order valence-corrected chi connectivity index (χ1v) is 6.41. The lowest BCUT2D eigenvalue weighted by Gasteiger charge is -2.07. The van der Waals surface area contributed by atoms with Crippen molar-refractivity contribution in [3.63, 3.8) is 0 Å². The van der Waals surface area contributed by atoms with Gasteiger partial charge < -0.3 is 9.47 Å². The molecule has 0 amide bonds. The van der Waals surface area contributed by atoms with Gasteiger partial charge >= 0.3 is 5.97 Å². The van der Waals surface area contributed by atoms with E-state index in [9.17, 15) is 4.79 Å². The summed E-state index contributed by atoms with van der Waals surface area (Å²) in [4.78, 5) is 11.5. The molecule has 0 atom stereocenters. The maximum absolute atomic E-state index is 11.5. The van der Waals surface area contributed by atoms with Gasteiger partial charge in [0.05, 0.1) is 6.61 Å². The molecule has 0 bridgehead atoms. The van der Waals surface area contributed by atoms with E-state index in [0.717, 1.165) is 17.3 Å². The number of methoxy groups -OCH3 is 1. The minimum absolute atomic E-state index is 0.385. The molecule has 1 aromatic carbocycles. The number of para-hydroxylation sites is 1. The van der Waals surface area contributed by atoms with Gasteiger partial charge in [0.15, 0.2) is 0 Å². The average Bonchev–Trinajstić information content (AvgIpc) is 2.32. The largest absolute Gasteiger partial charge is 0.423 e. The summed E-state index contributed by atoms with van der Waals surface area (Å²) in [5, 5.41) is 0.834. The van der Waals surface area contributed by atoms with Crippen molar-refractivity contribution in [2.24, 2.45) is 0 Å². The first kappa shape index (κ1) is 13.9. The molecule has 3 nitrogen and oxygen atoms in total.